The van der Waals surface area contributed by atoms with E-state index in [-0.39, 0.29) is 0 Å². The first-order valence-electron chi connectivity index (χ1n) is 6.01. The van der Waals surface area contributed by atoms with Gasteiger partial charge >= 0.3 is 5.97 Å². The number of hydrogen-bond acceptors (Lipinski definition) is 3. The number of carboxylic acids is 1. The molecule has 0 radical (unpaired) electrons. The first-order valence-corrected chi connectivity index (χ1v) is 6.01. The summed E-state index contributed by atoms with van der Waals surface area (Å²) in [4.78, 5) is 13.4. The van der Waals surface area contributed by atoms with E-state index in [1.165, 1.54) is 0 Å². The average Bonchev–Trinajstić information content (AvgIpc) is 2.88. The second kappa shape index (κ2) is 4.53. The highest BCUT2D eigenvalue weighted by atomic mass is 16.4. The Hall–Kier alpha value is -1.29. The zero-order chi connectivity index (χ0) is 12.5. The molecule has 1 aromatic heterocycles. The number of rotatable bonds is 4. The topological polar surface area (TPSA) is 53.7 Å². The highest BCUT2D eigenvalue weighted by molar-refractivity contribution is 5.74. The third kappa shape index (κ3) is 2.52. The number of nitrogens with zero attached hydrogens (tertiary/aromatic N) is 1. The van der Waals surface area contributed by atoms with Crippen LogP contribution in [0.3, 0.4) is 0 Å². The molecule has 1 aliphatic heterocycles. The summed E-state index contributed by atoms with van der Waals surface area (Å²) in [6.45, 7) is 5.43. The van der Waals surface area contributed by atoms with Crippen LogP contribution in [0.4, 0.5) is 0 Å². The average molecular weight is 237 g/mol. The zero-order valence-electron chi connectivity index (χ0n) is 10.3. The van der Waals surface area contributed by atoms with Crippen LogP contribution in [0.25, 0.3) is 0 Å². The summed E-state index contributed by atoms with van der Waals surface area (Å²) >= 11 is 0. The Labute approximate surface area is 101 Å². The minimum absolute atomic E-state index is 0.322. The molecule has 2 rings (SSSR count). The molecule has 1 saturated heterocycles. The molecule has 17 heavy (non-hydrogen) atoms. The van der Waals surface area contributed by atoms with Gasteiger partial charge in [0.25, 0.3) is 0 Å². The maximum Gasteiger partial charge on any atom is 0.310 e. The van der Waals surface area contributed by atoms with Crippen LogP contribution in [0.5, 0.6) is 0 Å². The second-order valence-corrected chi connectivity index (χ2v) is 5.22. The summed E-state index contributed by atoms with van der Waals surface area (Å²) < 4.78 is 5.32. The Balaban J connectivity index is 1.94. The lowest BCUT2D eigenvalue weighted by molar-refractivity contribution is -0.147. The smallest absolute Gasteiger partial charge is 0.310 e. The largest absolute Gasteiger partial charge is 0.481 e. The lowest BCUT2D eigenvalue weighted by atomic mass is 9.90. The van der Waals surface area contributed by atoms with Gasteiger partial charge in [0, 0.05) is 19.0 Å². The molecular weight excluding hydrogens is 218 g/mol. The van der Waals surface area contributed by atoms with Gasteiger partial charge in [0.1, 0.15) is 5.76 Å². The molecule has 0 spiro atoms. The molecule has 1 aliphatic rings. The number of aliphatic carboxylic acids is 1. The molecule has 1 fully saturated rings. The molecule has 0 aromatic carbocycles. The molecule has 0 aliphatic carbocycles. The summed E-state index contributed by atoms with van der Waals surface area (Å²) in [5.41, 5.74) is -0.586. The van der Waals surface area contributed by atoms with Crippen LogP contribution in [-0.4, -0.2) is 35.1 Å². The van der Waals surface area contributed by atoms with Crippen molar-refractivity contribution < 1.29 is 14.3 Å². The van der Waals surface area contributed by atoms with Crippen LogP contribution >= 0.6 is 0 Å². The SMILES string of the molecule is CC(Cc1ccco1)N1CCC(C)(C(=O)O)C1. The molecule has 1 aromatic rings. The van der Waals surface area contributed by atoms with E-state index in [4.69, 9.17) is 4.42 Å². The molecule has 4 nitrogen and oxygen atoms in total. The van der Waals surface area contributed by atoms with Gasteiger partial charge in [-0.3, -0.25) is 9.69 Å². The van der Waals surface area contributed by atoms with Crippen molar-refractivity contribution in [1.29, 1.82) is 0 Å². The van der Waals surface area contributed by atoms with Crippen molar-refractivity contribution in [3.05, 3.63) is 24.2 Å². The van der Waals surface area contributed by atoms with Gasteiger partial charge in [-0.05, 0) is 38.9 Å². The zero-order valence-corrected chi connectivity index (χ0v) is 10.3. The van der Waals surface area contributed by atoms with Crippen LogP contribution in [-0.2, 0) is 11.2 Å². The Kier molecular flexibility index (Phi) is 3.24. The van der Waals surface area contributed by atoms with E-state index in [0.717, 1.165) is 25.1 Å². The van der Waals surface area contributed by atoms with Crippen molar-refractivity contribution in [2.24, 2.45) is 5.41 Å². The summed E-state index contributed by atoms with van der Waals surface area (Å²) in [5, 5.41) is 9.18. The van der Waals surface area contributed by atoms with Crippen LogP contribution in [0.2, 0.25) is 0 Å². The highest BCUT2D eigenvalue weighted by Gasteiger charge is 2.41. The normalized spacial score (nSPS) is 27.2. The van der Waals surface area contributed by atoms with Crippen LogP contribution in [0.15, 0.2) is 22.8 Å². The van der Waals surface area contributed by atoms with Gasteiger partial charge in [0.2, 0.25) is 0 Å². The van der Waals surface area contributed by atoms with Crippen molar-refractivity contribution >= 4 is 5.97 Å². The Morgan fingerprint density at radius 3 is 3.00 bits per heavy atom. The van der Waals surface area contributed by atoms with E-state index in [0.29, 0.717) is 12.6 Å². The van der Waals surface area contributed by atoms with Crippen molar-refractivity contribution in [3.63, 3.8) is 0 Å². The molecule has 0 saturated carbocycles. The van der Waals surface area contributed by atoms with Crippen molar-refractivity contribution in [1.82, 2.24) is 4.90 Å². The molecule has 2 atom stereocenters. The highest BCUT2D eigenvalue weighted by Crippen LogP contribution is 2.31. The molecule has 2 unspecified atom stereocenters. The van der Waals surface area contributed by atoms with E-state index in [1.54, 1.807) is 6.26 Å². The number of likely N-dealkylation sites (tertiary alicyclic amines) is 1. The molecule has 0 amide bonds. The van der Waals surface area contributed by atoms with Crippen molar-refractivity contribution in [2.75, 3.05) is 13.1 Å². The monoisotopic (exact) mass is 237 g/mol. The number of carboxylic acid groups (broad SMARTS) is 1. The van der Waals surface area contributed by atoms with Crippen molar-refractivity contribution in [2.45, 2.75) is 32.7 Å². The fourth-order valence-corrected chi connectivity index (χ4v) is 2.40. The maximum absolute atomic E-state index is 11.2. The van der Waals surface area contributed by atoms with E-state index in [1.807, 2.05) is 19.1 Å². The maximum atomic E-state index is 11.2. The number of hydrogen-bond donors (Lipinski definition) is 1. The van der Waals surface area contributed by atoms with E-state index in [9.17, 15) is 9.90 Å². The second-order valence-electron chi connectivity index (χ2n) is 5.22. The van der Waals surface area contributed by atoms with E-state index >= 15 is 0 Å². The lowest BCUT2D eigenvalue weighted by Crippen LogP contribution is -2.37. The summed E-state index contributed by atoms with van der Waals surface area (Å²) in [6, 6.07) is 4.17. The Bertz CT molecular complexity index is 387. The lowest BCUT2D eigenvalue weighted by Gasteiger charge is -2.25. The van der Waals surface area contributed by atoms with E-state index < -0.39 is 11.4 Å². The van der Waals surface area contributed by atoms with Crippen LogP contribution in [0.1, 0.15) is 26.0 Å². The van der Waals surface area contributed by atoms with Crippen LogP contribution < -0.4 is 0 Å². The summed E-state index contributed by atoms with van der Waals surface area (Å²) in [6.07, 6.45) is 3.24. The van der Waals surface area contributed by atoms with Gasteiger partial charge in [-0.2, -0.15) is 0 Å². The summed E-state index contributed by atoms with van der Waals surface area (Å²) in [7, 11) is 0. The molecule has 2 heterocycles. The van der Waals surface area contributed by atoms with Crippen LogP contribution in [0, 0.1) is 5.41 Å². The third-order valence-electron chi connectivity index (χ3n) is 3.72. The predicted octanol–water partition coefficient (Wildman–Crippen LogP) is 2.01. The van der Waals surface area contributed by atoms with Gasteiger partial charge in [-0.25, -0.2) is 0 Å². The Morgan fingerprint density at radius 2 is 2.47 bits per heavy atom. The summed E-state index contributed by atoms with van der Waals surface area (Å²) in [5.74, 6) is 0.270. The van der Waals surface area contributed by atoms with Gasteiger partial charge < -0.3 is 9.52 Å². The number of furan rings is 1. The fraction of sp³-hybridized carbons (Fsp3) is 0.615. The van der Waals surface area contributed by atoms with Crippen molar-refractivity contribution in [3.8, 4) is 0 Å². The first kappa shape index (κ1) is 12.2. The predicted molar refractivity (Wildman–Crippen MR) is 63.8 cm³/mol. The Morgan fingerprint density at radius 1 is 1.71 bits per heavy atom. The fourth-order valence-electron chi connectivity index (χ4n) is 2.40. The van der Waals surface area contributed by atoms with Gasteiger partial charge in [0.15, 0.2) is 0 Å². The number of carbonyl (C=O) groups is 1. The molecule has 4 heteroatoms. The quantitative estimate of drug-likeness (QED) is 0.870. The molecule has 1 N–H and O–H groups in total. The van der Waals surface area contributed by atoms with Gasteiger partial charge in [-0.1, -0.05) is 0 Å². The van der Waals surface area contributed by atoms with E-state index in [2.05, 4.69) is 11.8 Å². The van der Waals surface area contributed by atoms with Gasteiger partial charge in [-0.15, -0.1) is 0 Å². The minimum atomic E-state index is -0.690. The molecule has 0 bridgehead atoms. The minimum Gasteiger partial charge on any atom is -0.481 e. The molecule has 94 valence electrons. The first-order chi connectivity index (χ1) is 8.01. The third-order valence-corrected chi connectivity index (χ3v) is 3.72. The van der Waals surface area contributed by atoms with Gasteiger partial charge in [0.05, 0.1) is 11.7 Å². The molecular formula is C13H19NO3. The standard InChI is InChI=1S/C13H19NO3/c1-10(8-11-4-3-7-17-11)14-6-5-13(2,9-14)12(15)16/h3-4,7,10H,5-6,8-9H2,1-2H3,(H,15,16).